The van der Waals surface area contributed by atoms with Crippen LogP contribution in [0, 0.1) is 0 Å². The van der Waals surface area contributed by atoms with Gasteiger partial charge in [-0.2, -0.15) is 0 Å². The molecule has 0 spiro atoms. The number of hydrogen-bond donors (Lipinski definition) is 3. The minimum absolute atomic E-state index is 0.452. The highest BCUT2D eigenvalue weighted by atomic mass is 16.5. The van der Waals surface area contributed by atoms with Gasteiger partial charge in [-0.25, -0.2) is 0 Å². The number of benzene rings is 2. The lowest BCUT2D eigenvalue weighted by molar-refractivity contribution is 0.415. The lowest BCUT2D eigenvalue weighted by Crippen LogP contribution is -2.29. The Hall–Kier alpha value is -1.98. The van der Waals surface area contributed by atoms with Crippen LogP contribution in [0.15, 0.2) is 48.5 Å². The fourth-order valence-corrected chi connectivity index (χ4v) is 1.62. The second-order valence-electron chi connectivity index (χ2n) is 3.85. The number of nitrogens with one attached hydrogen (secondary N) is 1. The molecular weight excluding hydrogens is 229 g/mol. The van der Waals surface area contributed by atoms with Gasteiger partial charge in [-0.3, -0.25) is 0 Å². The number of hydrogen-bond acceptors (Lipinski definition) is 4. The van der Waals surface area contributed by atoms with Crippen molar-refractivity contribution in [1.82, 2.24) is 0 Å². The smallest absolute Gasteiger partial charge is 0.488 e. The molecule has 0 atom stereocenters. The normalized spacial score (nSPS) is 9.94. The highest BCUT2D eigenvalue weighted by Crippen LogP contribution is 2.19. The van der Waals surface area contributed by atoms with Crippen molar-refractivity contribution in [3.8, 4) is 5.75 Å². The zero-order chi connectivity index (χ0) is 13.0. The highest BCUT2D eigenvalue weighted by Gasteiger charge is 2.10. The van der Waals surface area contributed by atoms with Crippen molar-refractivity contribution in [2.24, 2.45) is 0 Å². The molecule has 0 aliphatic rings. The van der Waals surface area contributed by atoms with Crippen molar-refractivity contribution in [3.05, 3.63) is 48.5 Å². The Morgan fingerprint density at radius 2 is 1.72 bits per heavy atom. The summed E-state index contributed by atoms with van der Waals surface area (Å²) in [5, 5.41) is 21.4. The Balaban J connectivity index is 2.15. The first kappa shape index (κ1) is 12.5. The number of anilines is 2. The van der Waals surface area contributed by atoms with Crippen molar-refractivity contribution in [3.63, 3.8) is 0 Å². The van der Waals surface area contributed by atoms with Crippen LogP contribution in [-0.4, -0.2) is 24.3 Å². The maximum absolute atomic E-state index is 9.09. The summed E-state index contributed by atoms with van der Waals surface area (Å²) in [4.78, 5) is 0. The van der Waals surface area contributed by atoms with Gasteiger partial charge in [0.25, 0.3) is 0 Å². The third-order valence-electron chi connectivity index (χ3n) is 2.56. The average Bonchev–Trinajstić information content (AvgIpc) is 2.40. The van der Waals surface area contributed by atoms with Gasteiger partial charge in [-0.05, 0) is 41.9 Å². The molecule has 0 heterocycles. The molecule has 92 valence electrons. The van der Waals surface area contributed by atoms with Crippen molar-refractivity contribution in [2.45, 2.75) is 0 Å². The fourth-order valence-electron chi connectivity index (χ4n) is 1.62. The van der Waals surface area contributed by atoms with Crippen LogP contribution < -0.4 is 15.5 Å². The maximum Gasteiger partial charge on any atom is 0.488 e. The third-order valence-corrected chi connectivity index (χ3v) is 2.56. The van der Waals surface area contributed by atoms with Crippen molar-refractivity contribution in [1.29, 1.82) is 0 Å². The monoisotopic (exact) mass is 243 g/mol. The molecule has 4 nitrogen and oxygen atoms in total. The average molecular weight is 243 g/mol. The maximum atomic E-state index is 9.09. The lowest BCUT2D eigenvalue weighted by atomic mass is 9.80. The molecule has 0 fully saturated rings. The molecule has 5 heteroatoms. The fraction of sp³-hybridized carbons (Fsp3) is 0.0769. The van der Waals surface area contributed by atoms with Crippen LogP contribution in [0.5, 0.6) is 5.75 Å². The molecule has 0 aromatic heterocycles. The summed E-state index contributed by atoms with van der Waals surface area (Å²) >= 11 is 0. The van der Waals surface area contributed by atoms with E-state index in [2.05, 4.69) is 5.32 Å². The van der Waals surface area contributed by atoms with Gasteiger partial charge in [0.2, 0.25) is 0 Å². The van der Waals surface area contributed by atoms with Gasteiger partial charge in [0, 0.05) is 11.4 Å². The van der Waals surface area contributed by atoms with E-state index in [-0.39, 0.29) is 0 Å². The van der Waals surface area contributed by atoms with Gasteiger partial charge >= 0.3 is 7.12 Å². The summed E-state index contributed by atoms with van der Waals surface area (Å²) < 4.78 is 5.08. The molecule has 18 heavy (non-hydrogen) atoms. The van der Waals surface area contributed by atoms with Crippen LogP contribution in [-0.2, 0) is 0 Å². The van der Waals surface area contributed by atoms with E-state index in [9.17, 15) is 0 Å². The molecule has 0 aliphatic heterocycles. The van der Waals surface area contributed by atoms with E-state index in [0.29, 0.717) is 5.46 Å². The van der Waals surface area contributed by atoms with Gasteiger partial charge in [-0.1, -0.05) is 12.1 Å². The second-order valence-corrected chi connectivity index (χ2v) is 3.85. The largest absolute Gasteiger partial charge is 0.497 e. The van der Waals surface area contributed by atoms with Crippen LogP contribution in [0.4, 0.5) is 11.4 Å². The minimum atomic E-state index is -1.46. The summed E-state index contributed by atoms with van der Waals surface area (Å²) in [6.07, 6.45) is 0. The van der Waals surface area contributed by atoms with Crippen LogP contribution in [0.1, 0.15) is 0 Å². The lowest BCUT2D eigenvalue weighted by Gasteiger charge is -2.08. The van der Waals surface area contributed by atoms with E-state index in [0.717, 1.165) is 17.1 Å². The molecule has 3 N–H and O–H groups in total. The van der Waals surface area contributed by atoms with Crippen molar-refractivity contribution < 1.29 is 14.8 Å². The minimum Gasteiger partial charge on any atom is -0.497 e. The number of rotatable bonds is 4. The van der Waals surface area contributed by atoms with Crippen LogP contribution in [0.2, 0.25) is 0 Å². The van der Waals surface area contributed by atoms with E-state index in [1.165, 1.54) is 0 Å². The molecular formula is C13H14BNO3. The van der Waals surface area contributed by atoms with Gasteiger partial charge in [0.15, 0.2) is 0 Å². The van der Waals surface area contributed by atoms with Crippen molar-refractivity contribution >= 4 is 24.0 Å². The predicted octanol–water partition coefficient (Wildman–Crippen LogP) is 1.12. The second kappa shape index (κ2) is 5.57. The third kappa shape index (κ3) is 3.03. The van der Waals surface area contributed by atoms with E-state index in [1.807, 2.05) is 30.3 Å². The van der Waals surface area contributed by atoms with Crippen LogP contribution in [0.25, 0.3) is 0 Å². The zero-order valence-corrected chi connectivity index (χ0v) is 10.00. The summed E-state index contributed by atoms with van der Waals surface area (Å²) in [5.41, 5.74) is 2.15. The van der Waals surface area contributed by atoms with Gasteiger partial charge < -0.3 is 20.1 Å². The molecule has 0 saturated carbocycles. The highest BCUT2D eigenvalue weighted by molar-refractivity contribution is 6.58. The first-order valence-corrected chi connectivity index (χ1v) is 5.56. The van der Waals surface area contributed by atoms with E-state index in [4.69, 9.17) is 14.8 Å². The Labute approximate surface area is 106 Å². The van der Waals surface area contributed by atoms with E-state index in [1.54, 1.807) is 25.3 Å². The zero-order valence-electron chi connectivity index (χ0n) is 10.00. The molecule has 2 aromatic carbocycles. The predicted molar refractivity (Wildman–Crippen MR) is 72.5 cm³/mol. The van der Waals surface area contributed by atoms with E-state index >= 15 is 0 Å². The van der Waals surface area contributed by atoms with Crippen LogP contribution >= 0.6 is 0 Å². The SMILES string of the molecule is COc1ccc(Nc2cccc(B(O)O)c2)cc1. The summed E-state index contributed by atoms with van der Waals surface area (Å²) in [6, 6.07) is 14.5. The molecule has 2 aromatic rings. The first-order valence-electron chi connectivity index (χ1n) is 5.56. The number of ether oxygens (including phenoxy) is 1. The molecule has 0 aliphatic carbocycles. The van der Waals surface area contributed by atoms with Crippen molar-refractivity contribution in [2.75, 3.05) is 12.4 Å². The van der Waals surface area contributed by atoms with Gasteiger partial charge in [0.1, 0.15) is 5.75 Å². The molecule has 2 rings (SSSR count). The molecule has 0 radical (unpaired) electrons. The Kier molecular flexibility index (Phi) is 3.87. The first-order chi connectivity index (χ1) is 8.69. The summed E-state index contributed by atoms with van der Waals surface area (Å²) in [7, 11) is 0.164. The summed E-state index contributed by atoms with van der Waals surface area (Å²) in [6.45, 7) is 0. The Morgan fingerprint density at radius 1 is 1.00 bits per heavy atom. The quantitative estimate of drug-likeness (QED) is 0.704. The Bertz CT molecular complexity index is 514. The van der Waals surface area contributed by atoms with E-state index < -0.39 is 7.12 Å². The molecule has 0 bridgehead atoms. The molecule has 0 saturated heterocycles. The van der Waals surface area contributed by atoms with Gasteiger partial charge in [-0.15, -0.1) is 0 Å². The number of methoxy groups -OCH3 is 1. The topological polar surface area (TPSA) is 61.7 Å². The molecule has 0 amide bonds. The molecule has 0 unspecified atom stereocenters. The standard InChI is InChI=1S/C13H14BNO3/c1-18-13-7-5-11(6-8-13)15-12-4-2-3-10(9-12)14(16)17/h2-9,15-17H,1H3. The summed E-state index contributed by atoms with van der Waals surface area (Å²) in [5.74, 6) is 0.792. The Morgan fingerprint density at radius 3 is 2.33 bits per heavy atom. The van der Waals surface area contributed by atoms with Crippen LogP contribution in [0.3, 0.4) is 0 Å². The van der Waals surface area contributed by atoms with Gasteiger partial charge in [0.05, 0.1) is 7.11 Å².